The zero-order valence-electron chi connectivity index (χ0n) is 24.0. The molecule has 0 saturated carbocycles. The zero-order valence-corrected chi connectivity index (χ0v) is 24.8. The van der Waals surface area contributed by atoms with Crippen LogP contribution in [-0.4, -0.2) is 53.3 Å². The van der Waals surface area contributed by atoms with Crippen LogP contribution in [0.4, 0.5) is 17.3 Å². The van der Waals surface area contributed by atoms with E-state index in [-0.39, 0.29) is 40.1 Å². The molecule has 0 atom stereocenters. The Morgan fingerprint density at radius 1 is 0.930 bits per heavy atom. The number of para-hydroxylation sites is 1. The highest BCUT2D eigenvalue weighted by Gasteiger charge is 2.24. The normalized spacial score (nSPS) is 11.8. The van der Waals surface area contributed by atoms with E-state index in [0.717, 1.165) is 15.1 Å². The van der Waals surface area contributed by atoms with Crippen LogP contribution in [0.15, 0.2) is 88.7 Å². The average molecular weight is 596 g/mol. The van der Waals surface area contributed by atoms with Crippen molar-refractivity contribution < 1.29 is 13.2 Å². The van der Waals surface area contributed by atoms with Crippen molar-refractivity contribution in [2.75, 3.05) is 30.9 Å². The molecular weight excluding hydrogens is 566 g/mol. The molecule has 3 heterocycles. The Morgan fingerprint density at radius 3 is 2.42 bits per heavy atom. The van der Waals surface area contributed by atoms with Gasteiger partial charge >= 0.3 is 0 Å². The number of anilines is 3. The molecule has 0 aliphatic heterocycles. The van der Waals surface area contributed by atoms with E-state index >= 15 is 0 Å². The highest BCUT2D eigenvalue weighted by molar-refractivity contribution is 7.90. The van der Waals surface area contributed by atoms with Crippen LogP contribution in [0.1, 0.15) is 11.1 Å². The van der Waals surface area contributed by atoms with Crippen molar-refractivity contribution in [3.63, 3.8) is 0 Å². The summed E-state index contributed by atoms with van der Waals surface area (Å²) < 4.78 is 30.0. The first-order chi connectivity index (χ1) is 20.6. The first-order valence-electron chi connectivity index (χ1n) is 13.5. The van der Waals surface area contributed by atoms with Crippen molar-refractivity contribution in [3.8, 4) is 0 Å². The number of rotatable bonds is 7. The van der Waals surface area contributed by atoms with Gasteiger partial charge in [-0.1, -0.05) is 35.9 Å². The second-order valence-electron chi connectivity index (χ2n) is 10.3. The van der Waals surface area contributed by atoms with Gasteiger partial charge in [-0.15, -0.1) is 0 Å². The topological polar surface area (TPSA) is 131 Å². The number of aryl methyl sites for hydroxylation is 2. The van der Waals surface area contributed by atoms with E-state index in [4.69, 9.17) is 9.97 Å². The van der Waals surface area contributed by atoms with E-state index in [2.05, 4.69) is 10.6 Å². The summed E-state index contributed by atoms with van der Waals surface area (Å²) in [4.78, 5) is 37.5. The molecule has 0 saturated heterocycles. The molecule has 11 nitrogen and oxygen atoms in total. The van der Waals surface area contributed by atoms with Gasteiger partial charge in [-0.25, -0.2) is 21.8 Å². The summed E-state index contributed by atoms with van der Waals surface area (Å²) in [5.74, 6) is -0.0532. The summed E-state index contributed by atoms with van der Waals surface area (Å²) in [6, 6.07) is 20.6. The Labute approximate surface area is 247 Å². The lowest BCUT2D eigenvalue weighted by atomic mass is 10.1. The Morgan fingerprint density at radius 2 is 1.67 bits per heavy atom. The van der Waals surface area contributed by atoms with Gasteiger partial charge in [0.1, 0.15) is 0 Å². The van der Waals surface area contributed by atoms with Crippen LogP contribution >= 0.6 is 0 Å². The van der Waals surface area contributed by atoms with Gasteiger partial charge in [-0.3, -0.25) is 9.59 Å². The van der Waals surface area contributed by atoms with Crippen LogP contribution in [0.3, 0.4) is 0 Å². The van der Waals surface area contributed by atoms with E-state index < -0.39 is 10.0 Å². The summed E-state index contributed by atoms with van der Waals surface area (Å²) in [5.41, 5.74) is 3.43. The molecular formula is C31H29N7O4S. The van der Waals surface area contributed by atoms with Crippen molar-refractivity contribution in [1.29, 1.82) is 0 Å². The number of hydrogen-bond donors (Lipinski definition) is 2. The predicted octanol–water partition coefficient (Wildman–Crippen LogP) is 3.98. The highest BCUT2D eigenvalue weighted by atomic mass is 32.2. The molecule has 0 spiro atoms. The lowest BCUT2D eigenvalue weighted by Crippen LogP contribution is -2.34. The molecule has 3 aromatic heterocycles. The molecule has 1 amide bonds. The molecule has 0 bridgehead atoms. The Kier molecular flexibility index (Phi) is 6.95. The second-order valence-corrected chi connectivity index (χ2v) is 12.1. The standard InChI is InChI=1S/C31H29N7O4S/c1-19-9-13-22(14-10-19)43(41,42)37-16-15-24-28(37)35-31(38-29(24)33-25-8-6-5-7-23(25)30(38)40)34-26-17-21(12-11-20(26)2)36(4)27(39)18-32-3/h5-17,32H,18H2,1-4H3,(H,34,35). The van der Waals surface area contributed by atoms with Gasteiger partial charge in [-0.2, -0.15) is 4.98 Å². The Hall–Kier alpha value is -5.07. The van der Waals surface area contributed by atoms with Gasteiger partial charge in [0.05, 0.1) is 27.7 Å². The first-order valence-corrected chi connectivity index (χ1v) is 15.0. The second kappa shape index (κ2) is 10.6. The maximum Gasteiger partial charge on any atom is 0.269 e. The van der Waals surface area contributed by atoms with Gasteiger partial charge in [0.25, 0.3) is 15.6 Å². The number of benzene rings is 3. The fourth-order valence-electron chi connectivity index (χ4n) is 4.94. The molecule has 3 aromatic carbocycles. The number of fused-ring (bicyclic) bond motifs is 4. The van der Waals surface area contributed by atoms with Crippen LogP contribution in [0.25, 0.3) is 27.6 Å². The van der Waals surface area contributed by atoms with Crippen LogP contribution in [0.2, 0.25) is 0 Å². The third-order valence-corrected chi connectivity index (χ3v) is 9.08. The SMILES string of the molecule is CNCC(=O)N(C)c1ccc(C)c(Nc2nc3c(ccn3S(=O)(=O)c3ccc(C)cc3)c3nc4ccccc4c(=O)n23)c1. The molecule has 218 valence electrons. The van der Waals surface area contributed by atoms with Crippen molar-refractivity contribution in [1.82, 2.24) is 23.7 Å². The lowest BCUT2D eigenvalue weighted by Gasteiger charge is -2.20. The molecule has 0 aliphatic rings. The number of nitrogens with zero attached hydrogens (tertiary/aromatic N) is 5. The Balaban J connectivity index is 1.60. The minimum absolute atomic E-state index is 0.0780. The molecule has 0 fully saturated rings. The molecule has 6 aromatic rings. The van der Waals surface area contributed by atoms with Gasteiger partial charge in [0, 0.05) is 24.6 Å². The summed E-state index contributed by atoms with van der Waals surface area (Å²) >= 11 is 0. The summed E-state index contributed by atoms with van der Waals surface area (Å²) in [6.45, 7) is 3.92. The lowest BCUT2D eigenvalue weighted by molar-refractivity contribution is -0.117. The molecule has 0 unspecified atom stereocenters. The number of nitrogens with one attached hydrogen (secondary N) is 2. The number of carbonyl (C=O) groups excluding carboxylic acids is 1. The van der Waals surface area contributed by atoms with E-state index in [9.17, 15) is 18.0 Å². The van der Waals surface area contributed by atoms with Crippen molar-refractivity contribution >= 4 is 60.8 Å². The maximum atomic E-state index is 13.9. The summed E-state index contributed by atoms with van der Waals surface area (Å²) in [5, 5.41) is 6.89. The molecule has 6 rings (SSSR count). The first kappa shape index (κ1) is 28.1. The van der Waals surface area contributed by atoms with Gasteiger partial charge < -0.3 is 15.5 Å². The van der Waals surface area contributed by atoms with Crippen molar-refractivity contribution in [2.45, 2.75) is 18.7 Å². The van der Waals surface area contributed by atoms with Crippen LogP contribution in [-0.2, 0) is 14.8 Å². The smallest absolute Gasteiger partial charge is 0.269 e. The van der Waals surface area contributed by atoms with Gasteiger partial charge in [0.15, 0.2) is 11.3 Å². The van der Waals surface area contributed by atoms with Gasteiger partial charge in [0.2, 0.25) is 11.9 Å². The minimum Gasteiger partial charge on any atom is -0.325 e. The number of carbonyl (C=O) groups is 1. The van der Waals surface area contributed by atoms with E-state index in [1.54, 1.807) is 74.8 Å². The zero-order chi connectivity index (χ0) is 30.5. The van der Waals surface area contributed by atoms with Crippen LogP contribution in [0.5, 0.6) is 0 Å². The van der Waals surface area contributed by atoms with Crippen molar-refractivity contribution in [2.24, 2.45) is 0 Å². The average Bonchev–Trinajstić information content (AvgIpc) is 3.43. The Bertz CT molecular complexity index is 2220. The number of likely N-dealkylation sites (N-methyl/N-ethyl adjacent to an activating group) is 2. The number of aromatic nitrogens is 4. The van der Waals surface area contributed by atoms with E-state index in [1.807, 2.05) is 26.0 Å². The quantitative estimate of drug-likeness (QED) is 0.265. The molecule has 0 radical (unpaired) electrons. The van der Waals surface area contributed by atoms with E-state index in [0.29, 0.717) is 27.7 Å². The van der Waals surface area contributed by atoms with Crippen LogP contribution in [0, 0.1) is 13.8 Å². The number of amides is 1. The van der Waals surface area contributed by atoms with Gasteiger partial charge in [-0.05, 0) is 68.9 Å². The van der Waals surface area contributed by atoms with Crippen molar-refractivity contribution in [3.05, 3.63) is 100 Å². The summed E-state index contributed by atoms with van der Waals surface area (Å²) in [7, 11) is -0.653. The third kappa shape index (κ3) is 4.80. The minimum atomic E-state index is -4.03. The third-order valence-electron chi connectivity index (χ3n) is 7.40. The molecule has 0 aliphatic carbocycles. The summed E-state index contributed by atoms with van der Waals surface area (Å²) in [6.07, 6.45) is 1.42. The molecule has 2 N–H and O–H groups in total. The largest absolute Gasteiger partial charge is 0.325 e. The monoisotopic (exact) mass is 595 g/mol. The fraction of sp³-hybridized carbons (Fsp3) is 0.161. The predicted molar refractivity (Wildman–Crippen MR) is 168 cm³/mol. The molecule has 12 heteroatoms. The number of hydrogen-bond acceptors (Lipinski definition) is 8. The maximum absolute atomic E-state index is 13.9. The fourth-order valence-corrected chi connectivity index (χ4v) is 6.23. The molecule has 43 heavy (non-hydrogen) atoms. The van der Waals surface area contributed by atoms with E-state index in [1.165, 1.54) is 15.5 Å². The van der Waals surface area contributed by atoms with Crippen LogP contribution < -0.4 is 21.1 Å². The highest BCUT2D eigenvalue weighted by Crippen LogP contribution is 2.30.